The number of nitrogens with one attached hydrogen (secondary N) is 1. The average molecular weight is 314 g/mol. The van der Waals surface area contributed by atoms with E-state index in [0.29, 0.717) is 29.2 Å². The van der Waals surface area contributed by atoms with Gasteiger partial charge in [0.1, 0.15) is 5.75 Å². The van der Waals surface area contributed by atoms with Crippen LogP contribution in [0.25, 0.3) is 0 Å². The lowest BCUT2D eigenvalue weighted by molar-refractivity contribution is 0.0955. The minimum atomic E-state index is -0.331. The number of phenols is 1. The number of nitrogens with zero attached hydrogens (tertiary/aromatic N) is 1. The van der Waals surface area contributed by atoms with Gasteiger partial charge in [-0.25, -0.2) is 5.43 Å². The molecule has 0 atom stereocenters. The molecule has 0 aliphatic heterocycles. The molecule has 120 valence electrons. The summed E-state index contributed by atoms with van der Waals surface area (Å²) in [6.45, 7) is 2.47. The van der Waals surface area contributed by atoms with Crippen molar-refractivity contribution in [2.24, 2.45) is 5.10 Å². The number of methoxy groups -OCH3 is 1. The quantitative estimate of drug-likeness (QED) is 0.634. The van der Waals surface area contributed by atoms with E-state index in [-0.39, 0.29) is 11.7 Å². The Morgan fingerprint density at radius 1 is 1.26 bits per heavy atom. The molecule has 0 spiro atoms. The van der Waals surface area contributed by atoms with Crippen LogP contribution in [-0.2, 0) is 0 Å². The van der Waals surface area contributed by atoms with E-state index in [1.165, 1.54) is 19.4 Å². The highest BCUT2D eigenvalue weighted by Gasteiger charge is 2.04. The van der Waals surface area contributed by atoms with Crippen molar-refractivity contribution in [1.29, 1.82) is 0 Å². The highest BCUT2D eigenvalue weighted by Crippen LogP contribution is 2.25. The SMILES string of the molecule is CCOc1ccc(C(=O)N/N=C\c2ccc(OC)c(O)c2)cc1. The number of benzene rings is 2. The molecule has 0 heterocycles. The Morgan fingerprint density at radius 3 is 2.61 bits per heavy atom. The molecule has 0 aromatic heterocycles. The van der Waals surface area contributed by atoms with Crippen LogP contribution in [0, 0.1) is 0 Å². The lowest BCUT2D eigenvalue weighted by atomic mass is 10.2. The van der Waals surface area contributed by atoms with Gasteiger partial charge >= 0.3 is 0 Å². The van der Waals surface area contributed by atoms with Crippen LogP contribution in [0.4, 0.5) is 0 Å². The number of carbonyl (C=O) groups is 1. The Bertz CT molecular complexity index is 696. The summed E-state index contributed by atoms with van der Waals surface area (Å²) in [4.78, 5) is 11.9. The number of phenolic OH excluding ortho intramolecular Hbond substituents is 1. The maximum absolute atomic E-state index is 11.9. The summed E-state index contributed by atoms with van der Waals surface area (Å²) in [7, 11) is 1.47. The first-order valence-electron chi connectivity index (χ1n) is 7.07. The van der Waals surface area contributed by atoms with E-state index < -0.39 is 0 Å². The van der Waals surface area contributed by atoms with E-state index in [2.05, 4.69) is 10.5 Å². The summed E-state index contributed by atoms with van der Waals surface area (Å²) in [5.74, 6) is 0.762. The lowest BCUT2D eigenvalue weighted by Gasteiger charge is -2.04. The number of aromatic hydroxyl groups is 1. The van der Waals surface area contributed by atoms with Gasteiger partial charge in [-0.3, -0.25) is 4.79 Å². The molecule has 0 radical (unpaired) electrons. The predicted molar refractivity (Wildman–Crippen MR) is 87.3 cm³/mol. The summed E-state index contributed by atoms with van der Waals surface area (Å²) in [6, 6.07) is 11.6. The molecule has 0 bridgehead atoms. The van der Waals surface area contributed by atoms with Gasteiger partial charge in [0, 0.05) is 5.56 Å². The zero-order valence-electron chi connectivity index (χ0n) is 12.9. The number of rotatable bonds is 6. The molecule has 2 aromatic carbocycles. The maximum Gasteiger partial charge on any atom is 0.271 e. The molecule has 0 saturated carbocycles. The van der Waals surface area contributed by atoms with Crippen molar-refractivity contribution in [2.45, 2.75) is 6.92 Å². The fourth-order valence-electron chi connectivity index (χ4n) is 1.89. The van der Waals surface area contributed by atoms with Crippen LogP contribution >= 0.6 is 0 Å². The second-order valence-corrected chi connectivity index (χ2v) is 4.59. The Balaban J connectivity index is 1.96. The standard InChI is InChI=1S/C17H18N2O4/c1-3-23-14-7-5-13(6-8-14)17(21)19-18-11-12-4-9-16(22-2)15(20)10-12/h4-11,20H,3H2,1-2H3,(H,19,21)/b18-11-. The molecule has 2 rings (SSSR count). The normalized spacial score (nSPS) is 10.5. The van der Waals surface area contributed by atoms with Gasteiger partial charge in [0.05, 0.1) is 19.9 Å². The molecule has 6 heteroatoms. The van der Waals surface area contributed by atoms with E-state index in [9.17, 15) is 9.90 Å². The van der Waals surface area contributed by atoms with Gasteiger partial charge < -0.3 is 14.6 Å². The highest BCUT2D eigenvalue weighted by molar-refractivity contribution is 5.95. The first-order valence-corrected chi connectivity index (χ1v) is 7.07. The number of hydrazone groups is 1. The monoisotopic (exact) mass is 314 g/mol. The molecule has 6 nitrogen and oxygen atoms in total. The smallest absolute Gasteiger partial charge is 0.271 e. The van der Waals surface area contributed by atoms with Crippen molar-refractivity contribution in [1.82, 2.24) is 5.43 Å². The van der Waals surface area contributed by atoms with Crippen LogP contribution < -0.4 is 14.9 Å². The van der Waals surface area contributed by atoms with Gasteiger partial charge in [0.2, 0.25) is 0 Å². The van der Waals surface area contributed by atoms with Crippen molar-refractivity contribution in [2.75, 3.05) is 13.7 Å². The van der Waals surface area contributed by atoms with Gasteiger partial charge in [-0.2, -0.15) is 5.10 Å². The molecule has 0 saturated heterocycles. The van der Waals surface area contributed by atoms with E-state index in [0.717, 1.165) is 0 Å². The second-order valence-electron chi connectivity index (χ2n) is 4.59. The van der Waals surface area contributed by atoms with Crippen molar-refractivity contribution in [3.05, 3.63) is 53.6 Å². The maximum atomic E-state index is 11.9. The average Bonchev–Trinajstić information content (AvgIpc) is 2.56. The van der Waals surface area contributed by atoms with Crippen molar-refractivity contribution >= 4 is 12.1 Å². The Labute approximate surface area is 134 Å². The Hall–Kier alpha value is -3.02. The molecule has 2 N–H and O–H groups in total. The second kappa shape index (κ2) is 7.84. The molecular weight excluding hydrogens is 296 g/mol. The summed E-state index contributed by atoms with van der Waals surface area (Å²) in [5, 5.41) is 13.5. The summed E-state index contributed by atoms with van der Waals surface area (Å²) in [6.07, 6.45) is 1.44. The van der Waals surface area contributed by atoms with Gasteiger partial charge in [-0.05, 0) is 55.0 Å². The van der Waals surface area contributed by atoms with Gasteiger partial charge in [-0.1, -0.05) is 0 Å². The van der Waals surface area contributed by atoms with E-state index in [4.69, 9.17) is 9.47 Å². The zero-order valence-corrected chi connectivity index (χ0v) is 12.9. The van der Waals surface area contributed by atoms with Crippen LogP contribution in [0.3, 0.4) is 0 Å². The third kappa shape index (κ3) is 4.47. The van der Waals surface area contributed by atoms with Crippen molar-refractivity contribution < 1.29 is 19.4 Å². The van der Waals surface area contributed by atoms with Gasteiger partial charge in [0.25, 0.3) is 5.91 Å². The van der Waals surface area contributed by atoms with Crippen LogP contribution in [0.1, 0.15) is 22.8 Å². The predicted octanol–water partition coefficient (Wildman–Crippen LogP) is 2.56. The minimum Gasteiger partial charge on any atom is -0.504 e. The summed E-state index contributed by atoms with van der Waals surface area (Å²) >= 11 is 0. The highest BCUT2D eigenvalue weighted by atomic mass is 16.5. The number of hydrogen-bond donors (Lipinski definition) is 2. The van der Waals surface area contributed by atoms with Crippen LogP contribution in [0.15, 0.2) is 47.6 Å². The zero-order chi connectivity index (χ0) is 16.7. The van der Waals surface area contributed by atoms with Crippen LogP contribution in [0.2, 0.25) is 0 Å². The third-order valence-corrected chi connectivity index (χ3v) is 3.01. The van der Waals surface area contributed by atoms with E-state index in [1.54, 1.807) is 36.4 Å². The van der Waals surface area contributed by atoms with Gasteiger partial charge in [-0.15, -0.1) is 0 Å². The number of amides is 1. The van der Waals surface area contributed by atoms with Crippen molar-refractivity contribution in [3.8, 4) is 17.2 Å². The molecular formula is C17H18N2O4. The fourth-order valence-corrected chi connectivity index (χ4v) is 1.89. The fraction of sp³-hybridized carbons (Fsp3) is 0.176. The number of ether oxygens (including phenoxy) is 2. The third-order valence-electron chi connectivity index (χ3n) is 3.01. The van der Waals surface area contributed by atoms with Crippen LogP contribution in [0.5, 0.6) is 17.2 Å². The first kappa shape index (κ1) is 16.4. The first-order chi connectivity index (χ1) is 11.1. The molecule has 0 unspecified atom stereocenters. The van der Waals surface area contributed by atoms with E-state index >= 15 is 0 Å². The Kier molecular flexibility index (Phi) is 5.57. The molecule has 1 amide bonds. The molecule has 2 aromatic rings. The largest absolute Gasteiger partial charge is 0.504 e. The number of hydrogen-bond acceptors (Lipinski definition) is 5. The van der Waals surface area contributed by atoms with Crippen LogP contribution in [-0.4, -0.2) is 30.9 Å². The van der Waals surface area contributed by atoms with Crippen molar-refractivity contribution in [3.63, 3.8) is 0 Å². The number of carbonyl (C=O) groups excluding carboxylic acids is 1. The van der Waals surface area contributed by atoms with E-state index in [1.807, 2.05) is 6.92 Å². The summed E-state index contributed by atoms with van der Waals surface area (Å²) in [5.41, 5.74) is 3.53. The summed E-state index contributed by atoms with van der Waals surface area (Å²) < 4.78 is 10.3. The van der Waals surface area contributed by atoms with Gasteiger partial charge in [0.15, 0.2) is 11.5 Å². The molecule has 0 aliphatic rings. The molecule has 0 aliphatic carbocycles. The lowest BCUT2D eigenvalue weighted by Crippen LogP contribution is -2.17. The topological polar surface area (TPSA) is 80.2 Å². The minimum absolute atomic E-state index is 0.00860. The molecule has 23 heavy (non-hydrogen) atoms. The Morgan fingerprint density at radius 2 is 2.00 bits per heavy atom. The molecule has 0 fully saturated rings.